The first-order valence-corrected chi connectivity index (χ1v) is 8.35. The summed E-state index contributed by atoms with van der Waals surface area (Å²) in [5, 5.41) is 0. The molecule has 0 aliphatic rings. The van der Waals surface area contributed by atoms with Crippen molar-refractivity contribution in [2.24, 2.45) is 0 Å². The summed E-state index contributed by atoms with van der Waals surface area (Å²) in [5.74, 6) is -0.134. The predicted molar refractivity (Wildman–Crippen MR) is 101 cm³/mol. The summed E-state index contributed by atoms with van der Waals surface area (Å²) in [6.07, 6.45) is 0. The zero-order valence-corrected chi connectivity index (χ0v) is 14.8. The summed E-state index contributed by atoms with van der Waals surface area (Å²) < 4.78 is 19.7. The van der Waals surface area contributed by atoms with E-state index >= 15 is 0 Å². The molecule has 26 heavy (non-hydrogen) atoms. The molecule has 0 heterocycles. The fourth-order valence-corrected chi connectivity index (χ4v) is 2.71. The molecule has 4 heteroatoms. The van der Waals surface area contributed by atoms with Crippen LogP contribution >= 0.6 is 0 Å². The lowest BCUT2D eigenvalue weighted by atomic mass is 10.1. The van der Waals surface area contributed by atoms with Crippen LogP contribution in [0.15, 0.2) is 72.8 Å². The predicted octanol–water partition coefficient (Wildman–Crippen LogP) is 4.99. The van der Waals surface area contributed by atoms with E-state index in [2.05, 4.69) is 6.07 Å². The molecular formula is C22H20FNO2. The highest BCUT2D eigenvalue weighted by molar-refractivity contribution is 6.06. The second-order valence-corrected chi connectivity index (χ2v) is 6.12. The van der Waals surface area contributed by atoms with Gasteiger partial charge in [-0.25, -0.2) is 4.39 Å². The number of hydrogen-bond donors (Lipinski definition) is 0. The molecule has 0 saturated carbocycles. The molecule has 0 aromatic heterocycles. The van der Waals surface area contributed by atoms with Crippen molar-refractivity contribution in [3.05, 3.63) is 95.3 Å². The first-order valence-electron chi connectivity index (χ1n) is 8.35. The third kappa shape index (κ3) is 4.09. The van der Waals surface area contributed by atoms with E-state index in [1.165, 1.54) is 16.5 Å². The zero-order chi connectivity index (χ0) is 18.5. The van der Waals surface area contributed by atoms with Gasteiger partial charge in [0.2, 0.25) is 0 Å². The maximum atomic E-state index is 13.9. The second kappa shape index (κ2) is 7.83. The van der Waals surface area contributed by atoms with E-state index in [0.717, 1.165) is 5.56 Å². The Bertz CT molecular complexity index is 923. The SMILES string of the molecule is Cc1cccc(COc2cccc(C(=O)N(C)c3ccccc3F)c2)c1. The van der Waals surface area contributed by atoms with Gasteiger partial charge in [0.25, 0.3) is 5.91 Å². The van der Waals surface area contributed by atoms with Crippen LogP contribution in [0.1, 0.15) is 21.5 Å². The van der Waals surface area contributed by atoms with Crippen molar-refractivity contribution in [2.45, 2.75) is 13.5 Å². The van der Waals surface area contributed by atoms with Crippen molar-refractivity contribution >= 4 is 11.6 Å². The average molecular weight is 349 g/mol. The molecule has 0 aliphatic carbocycles. The maximum Gasteiger partial charge on any atom is 0.258 e. The molecule has 3 aromatic rings. The highest BCUT2D eigenvalue weighted by atomic mass is 19.1. The van der Waals surface area contributed by atoms with Gasteiger partial charge < -0.3 is 9.64 Å². The Morgan fingerprint density at radius 1 is 1.00 bits per heavy atom. The van der Waals surface area contributed by atoms with E-state index in [1.807, 2.05) is 25.1 Å². The van der Waals surface area contributed by atoms with Crippen molar-refractivity contribution in [2.75, 3.05) is 11.9 Å². The van der Waals surface area contributed by atoms with Gasteiger partial charge in [0.15, 0.2) is 0 Å². The molecule has 0 radical (unpaired) electrons. The molecule has 0 atom stereocenters. The van der Waals surface area contributed by atoms with Crippen LogP contribution in [-0.4, -0.2) is 13.0 Å². The molecule has 132 valence electrons. The minimum Gasteiger partial charge on any atom is -0.489 e. The quantitative estimate of drug-likeness (QED) is 0.649. The van der Waals surface area contributed by atoms with Crippen molar-refractivity contribution < 1.29 is 13.9 Å². The van der Waals surface area contributed by atoms with E-state index in [1.54, 1.807) is 49.5 Å². The molecule has 3 nitrogen and oxygen atoms in total. The van der Waals surface area contributed by atoms with E-state index in [-0.39, 0.29) is 11.6 Å². The molecule has 0 saturated heterocycles. The number of rotatable bonds is 5. The van der Waals surface area contributed by atoms with Crippen LogP contribution in [0.25, 0.3) is 0 Å². The van der Waals surface area contributed by atoms with E-state index in [0.29, 0.717) is 17.9 Å². The fraction of sp³-hybridized carbons (Fsp3) is 0.136. The van der Waals surface area contributed by atoms with Crippen LogP contribution in [0.2, 0.25) is 0 Å². The summed E-state index contributed by atoms with van der Waals surface area (Å²) in [4.78, 5) is 14.0. The van der Waals surface area contributed by atoms with Gasteiger partial charge in [-0.1, -0.05) is 48.0 Å². The number of hydrogen-bond acceptors (Lipinski definition) is 2. The number of nitrogens with zero attached hydrogens (tertiary/aromatic N) is 1. The largest absolute Gasteiger partial charge is 0.489 e. The minimum absolute atomic E-state index is 0.239. The summed E-state index contributed by atoms with van der Waals surface area (Å²) in [6, 6.07) is 21.2. The molecule has 3 rings (SSSR count). The first-order chi connectivity index (χ1) is 12.5. The van der Waals surface area contributed by atoms with Crippen molar-refractivity contribution in [3.8, 4) is 5.75 Å². The van der Waals surface area contributed by atoms with E-state index in [9.17, 15) is 9.18 Å². The number of ether oxygens (including phenoxy) is 1. The monoisotopic (exact) mass is 349 g/mol. The summed E-state index contributed by atoms with van der Waals surface area (Å²) in [6.45, 7) is 2.45. The highest BCUT2D eigenvalue weighted by Gasteiger charge is 2.16. The van der Waals surface area contributed by atoms with Crippen LogP contribution in [0.3, 0.4) is 0 Å². The molecular weight excluding hydrogens is 329 g/mol. The first kappa shape index (κ1) is 17.7. The fourth-order valence-electron chi connectivity index (χ4n) is 2.71. The molecule has 0 unspecified atom stereocenters. The van der Waals surface area contributed by atoms with Crippen molar-refractivity contribution in [1.29, 1.82) is 0 Å². The number of aryl methyl sites for hydroxylation is 1. The highest BCUT2D eigenvalue weighted by Crippen LogP contribution is 2.21. The maximum absolute atomic E-state index is 13.9. The molecule has 0 spiro atoms. The Labute approximate surface area is 152 Å². The van der Waals surface area contributed by atoms with Gasteiger partial charge in [-0.3, -0.25) is 4.79 Å². The van der Waals surface area contributed by atoms with Crippen LogP contribution in [0.4, 0.5) is 10.1 Å². The molecule has 1 amide bonds. The molecule has 0 fully saturated rings. The lowest BCUT2D eigenvalue weighted by Crippen LogP contribution is -2.27. The lowest BCUT2D eigenvalue weighted by molar-refractivity contribution is 0.0991. The number of halogens is 1. The van der Waals surface area contributed by atoms with Gasteiger partial charge in [0.1, 0.15) is 18.2 Å². The van der Waals surface area contributed by atoms with Crippen molar-refractivity contribution in [3.63, 3.8) is 0 Å². The third-order valence-electron chi connectivity index (χ3n) is 4.09. The van der Waals surface area contributed by atoms with Gasteiger partial charge in [-0.2, -0.15) is 0 Å². The number of benzene rings is 3. The van der Waals surface area contributed by atoms with Crippen LogP contribution in [0.5, 0.6) is 5.75 Å². The smallest absolute Gasteiger partial charge is 0.258 e. The molecule has 3 aromatic carbocycles. The number of anilines is 1. The minimum atomic E-state index is -0.435. The summed E-state index contributed by atoms with van der Waals surface area (Å²) in [5.41, 5.74) is 2.91. The molecule has 0 aliphatic heterocycles. The Hall–Kier alpha value is -3.14. The number of amides is 1. The van der Waals surface area contributed by atoms with E-state index in [4.69, 9.17) is 4.74 Å². The molecule has 0 N–H and O–H groups in total. The topological polar surface area (TPSA) is 29.5 Å². The summed E-state index contributed by atoms with van der Waals surface area (Å²) in [7, 11) is 1.56. The van der Waals surface area contributed by atoms with Gasteiger partial charge in [-0.15, -0.1) is 0 Å². The number of carbonyl (C=O) groups is 1. The van der Waals surface area contributed by atoms with Gasteiger partial charge in [-0.05, 0) is 42.8 Å². The standard InChI is InChI=1S/C22H20FNO2/c1-16-7-5-8-17(13-16)15-26-19-10-6-9-18(14-19)22(25)24(2)21-12-4-3-11-20(21)23/h3-14H,15H2,1-2H3. The Balaban J connectivity index is 1.74. The Kier molecular flexibility index (Phi) is 5.32. The Morgan fingerprint density at radius 3 is 2.54 bits per heavy atom. The third-order valence-corrected chi connectivity index (χ3v) is 4.09. The van der Waals surface area contributed by atoms with Gasteiger partial charge in [0.05, 0.1) is 5.69 Å². The van der Waals surface area contributed by atoms with E-state index < -0.39 is 5.82 Å². The lowest BCUT2D eigenvalue weighted by Gasteiger charge is -2.18. The Morgan fingerprint density at radius 2 is 1.77 bits per heavy atom. The van der Waals surface area contributed by atoms with Crippen LogP contribution < -0.4 is 9.64 Å². The van der Waals surface area contributed by atoms with Crippen LogP contribution in [-0.2, 0) is 6.61 Å². The van der Waals surface area contributed by atoms with Crippen molar-refractivity contribution in [1.82, 2.24) is 0 Å². The van der Waals surface area contributed by atoms with Gasteiger partial charge in [0, 0.05) is 12.6 Å². The second-order valence-electron chi connectivity index (χ2n) is 6.12. The number of carbonyl (C=O) groups excluding carboxylic acids is 1. The number of para-hydroxylation sites is 1. The zero-order valence-electron chi connectivity index (χ0n) is 14.8. The average Bonchev–Trinajstić information content (AvgIpc) is 2.66. The summed E-state index contributed by atoms with van der Waals surface area (Å²) >= 11 is 0. The molecule has 0 bridgehead atoms. The normalized spacial score (nSPS) is 10.4. The van der Waals surface area contributed by atoms with Gasteiger partial charge >= 0.3 is 0 Å². The van der Waals surface area contributed by atoms with Crippen LogP contribution in [0, 0.1) is 12.7 Å².